The van der Waals surface area contributed by atoms with Gasteiger partial charge in [-0.25, -0.2) is 4.98 Å². The Balaban J connectivity index is 1.86. The minimum absolute atomic E-state index is 0.118. The molecular weight excluding hydrogens is 252 g/mol. The van der Waals surface area contributed by atoms with Gasteiger partial charge < -0.3 is 14.5 Å². The zero-order chi connectivity index (χ0) is 14.1. The third-order valence-electron chi connectivity index (χ3n) is 4.08. The maximum atomic E-state index is 4.63. The highest BCUT2D eigenvalue weighted by Crippen LogP contribution is 2.25. The summed E-state index contributed by atoms with van der Waals surface area (Å²) in [4.78, 5) is 4.63. The lowest BCUT2D eigenvalue weighted by molar-refractivity contribution is 0.572. The van der Waals surface area contributed by atoms with Crippen LogP contribution >= 0.6 is 0 Å². The van der Waals surface area contributed by atoms with Crippen molar-refractivity contribution < 1.29 is 0 Å². The second-order valence-corrected chi connectivity index (χ2v) is 5.71. The first-order valence-corrected chi connectivity index (χ1v) is 7.31. The molecule has 1 saturated carbocycles. The zero-order valence-electron chi connectivity index (χ0n) is 12.4. The first-order valence-electron chi connectivity index (χ1n) is 7.31. The second kappa shape index (κ2) is 5.26. The van der Waals surface area contributed by atoms with Crippen molar-refractivity contribution in [3.05, 3.63) is 24.0 Å². The van der Waals surface area contributed by atoms with E-state index in [1.165, 1.54) is 25.7 Å². The lowest BCUT2D eigenvalue weighted by Gasteiger charge is -2.18. The van der Waals surface area contributed by atoms with Crippen LogP contribution in [-0.4, -0.2) is 30.4 Å². The molecule has 6 nitrogen and oxygen atoms in total. The van der Waals surface area contributed by atoms with E-state index in [1.807, 2.05) is 18.5 Å². The molecule has 1 aliphatic rings. The van der Waals surface area contributed by atoms with Crippen LogP contribution in [0.5, 0.6) is 0 Å². The molecule has 0 amide bonds. The first kappa shape index (κ1) is 13.1. The molecule has 3 rings (SSSR count). The van der Waals surface area contributed by atoms with E-state index in [2.05, 4.69) is 38.2 Å². The number of nitrogens with zero attached hydrogens (tertiary/aromatic N) is 5. The van der Waals surface area contributed by atoms with Gasteiger partial charge in [0, 0.05) is 19.3 Å². The average molecular weight is 274 g/mol. The fourth-order valence-corrected chi connectivity index (χ4v) is 2.97. The summed E-state index contributed by atoms with van der Waals surface area (Å²) in [7, 11) is 1.97. The topological polar surface area (TPSA) is 60.6 Å². The fraction of sp³-hybridized carbons (Fsp3) is 0.643. The number of anilines is 1. The lowest BCUT2D eigenvalue weighted by Crippen LogP contribution is -2.20. The molecule has 1 aliphatic carbocycles. The predicted octanol–water partition coefficient (Wildman–Crippen LogP) is 2.28. The number of aryl methyl sites for hydroxylation is 2. The Morgan fingerprint density at radius 3 is 2.75 bits per heavy atom. The van der Waals surface area contributed by atoms with Gasteiger partial charge in [0.1, 0.15) is 6.33 Å². The van der Waals surface area contributed by atoms with E-state index in [0.29, 0.717) is 6.04 Å². The molecule has 2 aromatic heterocycles. The fourth-order valence-electron chi connectivity index (χ4n) is 2.97. The maximum absolute atomic E-state index is 4.63. The first-order chi connectivity index (χ1) is 9.65. The molecule has 0 bridgehead atoms. The smallest absolute Gasteiger partial charge is 0.203 e. The molecule has 0 spiro atoms. The van der Waals surface area contributed by atoms with E-state index in [-0.39, 0.29) is 6.04 Å². The van der Waals surface area contributed by atoms with E-state index in [9.17, 15) is 0 Å². The Morgan fingerprint density at radius 2 is 2.10 bits per heavy atom. The molecular formula is C14H22N6. The van der Waals surface area contributed by atoms with Crippen LogP contribution in [0.25, 0.3) is 0 Å². The molecule has 1 unspecified atom stereocenters. The van der Waals surface area contributed by atoms with Crippen molar-refractivity contribution in [1.29, 1.82) is 0 Å². The van der Waals surface area contributed by atoms with Crippen molar-refractivity contribution in [2.45, 2.75) is 51.6 Å². The third-order valence-corrected chi connectivity index (χ3v) is 4.08. The summed E-state index contributed by atoms with van der Waals surface area (Å²) in [6.07, 6.45) is 8.93. The monoisotopic (exact) mass is 274 g/mol. The molecule has 0 radical (unpaired) electrons. The number of nitrogens with one attached hydrogen (secondary N) is 1. The Kier molecular flexibility index (Phi) is 3.46. The van der Waals surface area contributed by atoms with E-state index < -0.39 is 0 Å². The van der Waals surface area contributed by atoms with Crippen LogP contribution < -0.4 is 5.32 Å². The molecule has 1 fully saturated rings. The van der Waals surface area contributed by atoms with Crippen molar-refractivity contribution in [3.63, 3.8) is 0 Å². The van der Waals surface area contributed by atoms with Crippen molar-refractivity contribution in [3.8, 4) is 0 Å². The summed E-state index contributed by atoms with van der Waals surface area (Å²) in [6, 6.07) is 0.676. The summed E-state index contributed by atoms with van der Waals surface area (Å²) >= 11 is 0. The van der Waals surface area contributed by atoms with Gasteiger partial charge >= 0.3 is 0 Å². The minimum Gasteiger partial charge on any atom is -0.353 e. The maximum Gasteiger partial charge on any atom is 0.203 e. The number of hydrogen-bond donors (Lipinski definition) is 1. The number of rotatable bonds is 4. The summed E-state index contributed by atoms with van der Waals surface area (Å²) in [5.74, 6) is 1.89. The van der Waals surface area contributed by atoms with Gasteiger partial charge in [-0.15, -0.1) is 10.2 Å². The van der Waals surface area contributed by atoms with Crippen molar-refractivity contribution in [1.82, 2.24) is 24.3 Å². The molecule has 1 atom stereocenters. The molecule has 2 aromatic rings. The van der Waals surface area contributed by atoms with Crippen LogP contribution in [-0.2, 0) is 7.05 Å². The SMILES string of the molecule is Cc1cn(C(C)c2nncn2C)c(NC2CCCC2)n1. The van der Waals surface area contributed by atoms with Gasteiger partial charge in [-0.1, -0.05) is 12.8 Å². The van der Waals surface area contributed by atoms with Crippen LogP contribution in [0, 0.1) is 6.92 Å². The number of aromatic nitrogens is 5. The highest BCUT2D eigenvalue weighted by molar-refractivity contribution is 5.32. The summed E-state index contributed by atoms with van der Waals surface area (Å²) in [6.45, 7) is 4.16. The van der Waals surface area contributed by atoms with E-state index in [1.54, 1.807) is 6.33 Å². The minimum atomic E-state index is 0.118. The van der Waals surface area contributed by atoms with Crippen LogP contribution in [0.4, 0.5) is 5.95 Å². The molecule has 0 saturated heterocycles. The van der Waals surface area contributed by atoms with Crippen molar-refractivity contribution in [2.24, 2.45) is 7.05 Å². The van der Waals surface area contributed by atoms with Crippen LogP contribution in [0.2, 0.25) is 0 Å². The highest BCUT2D eigenvalue weighted by atomic mass is 15.3. The Morgan fingerprint density at radius 1 is 1.35 bits per heavy atom. The van der Waals surface area contributed by atoms with Gasteiger partial charge in [-0.05, 0) is 26.7 Å². The van der Waals surface area contributed by atoms with E-state index in [4.69, 9.17) is 0 Å². The van der Waals surface area contributed by atoms with Crippen molar-refractivity contribution >= 4 is 5.95 Å². The molecule has 0 aliphatic heterocycles. The van der Waals surface area contributed by atoms with E-state index >= 15 is 0 Å². The highest BCUT2D eigenvalue weighted by Gasteiger charge is 2.21. The largest absolute Gasteiger partial charge is 0.353 e. The Labute approximate surface area is 119 Å². The normalized spacial score (nSPS) is 17.6. The summed E-state index contributed by atoms with van der Waals surface area (Å²) < 4.78 is 4.12. The van der Waals surface area contributed by atoms with Crippen LogP contribution in [0.1, 0.15) is 50.2 Å². The van der Waals surface area contributed by atoms with Crippen LogP contribution in [0.15, 0.2) is 12.5 Å². The molecule has 108 valence electrons. The van der Waals surface area contributed by atoms with Gasteiger partial charge in [0.25, 0.3) is 0 Å². The van der Waals surface area contributed by atoms with Gasteiger partial charge in [0.05, 0.1) is 11.7 Å². The quantitative estimate of drug-likeness (QED) is 0.929. The van der Waals surface area contributed by atoms with Gasteiger partial charge in [-0.3, -0.25) is 0 Å². The second-order valence-electron chi connectivity index (χ2n) is 5.71. The molecule has 0 aromatic carbocycles. The lowest BCUT2D eigenvalue weighted by atomic mass is 10.2. The van der Waals surface area contributed by atoms with Crippen molar-refractivity contribution in [2.75, 3.05) is 5.32 Å². The zero-order valence-corrected chi connectivity index (χ0v) is 12.4. The summed E-state index contributed by atoms with van der Waals surface area (Å²) in [5.41, 5.74) is 1.03. The third kappa shape index (κ3) is 2.42. The van der Waals surface area contributed by atoms with Gasteiger partial charge in [0.15, 0.2) is 5.82 Å². The number of imidazole rings is 1. The van der Waals surface area contributed by atoms with Gasteiger partial charge in [-0.2, -0.15) is 0 Å². The average Bonchev–Trinajstić information content (AvgIpc) is 3.11. The van der Waals surface area contributed by atoms with E-state index in [0.717, 1.165) is 17.5 Å². The summed E-state index contributed by atoms with van der Waals surface area (Å²) in [5, 5.41) is 11.8. The Hall–Kier alpha value is -1.85. The van der Waals surface area contributed by atoms with Crippen LogP contribution in [0.3, 0.4) is 0 Å². The standard InChI is InChI=1S/C14H22N6/c1-10-8-20(11(2)13-18-15-9-19(13)3)14(16-10)17-12-6-4-5-7-12/h8-9,11-12H,4-7H2,1-3H3,(H,16,17). The number of hydrogen-bond acceptors (Lipinski definition) is 4. The molecule has 1 N–H and O–H groups in total. The molecule has 2 heterocycles. The Bertz CT molecular complexity index is 578. The van der Waals surface area contributed by atoms with Gasteiger partial charge in [0.2, 0.25) is 5.95 Å². The predicted molar refractivity (Wildman–Crippen MR) is 77.7 cm³/mol. The molecule has 20 heavy (non-hydrogen) atoms. The molecule has 6 heteroatoms.